The van der Waals surface area contributed by atoms with E-state index in [9.17, 15) is 14.4 Å². The summed E-state index contributed by atoms with van der Waals surface area (Å²) >= 11 is 0. The van der Waals surface area contributed by atoms with Crippen molar-refractivity contribution in [3.8, 4) is 0 Å². The van der Waals surface area contributed by atoms with Gasteiger partial charge >= 0.3 is 0 Å². The third-order valence-corrected chi connectivity index (χ3v) is 10.6. The van der Waals surface area contributed by atoms with Crippen LogP contribution in [0.2, 0.25) is 0 Å². The zero-order chi connectivity index (χ0) is 27.7. The van der Waals surface area contributed by atoms with E-state index in [-0.39, 0.29) is 30.2 Å². The first-order chi connectivity index (χ1) is 20.0. The molecule has 208 valence electrons. The molecule has 3 atom stereocenters. The number of aromatic nitrogens is 1. The second-order valence-electron chi connectivity index (χ2n) is 12.7. The second kappa shape index (κ2) is 9.26. The highest BCUT2D eigenvalue weighted by Crippen LogP contribution is 2.69. The Kier molecular flexibility index (Phi) is 5.60. The number of hydrogen-bond acceptors (Lipinski definition) is 5. The number of allylic oxidation sites excluding steroid dienone is 2. The van der Waals surface area contributed by atoms with Crippen LogP contribution >= 0.6 is 0 Å². The highest BCUT2D eigenvalue weighted by atomic mass is 16.2. The summed E-state index contributed by atoms with van der Waals surface area (Å²) in [5.74, 6) is 1.61. The maximum absolute atomic E-state index is 13.6. The summed E-state index contributed by atoms with van der Waals surface area (Å²) < 4.78 is 0. The number of rotatable bonds is 6. The summed E-state index contributed by atoms with van der Waals surface area (Å²) in [6.07, 6.45) is 12.0. The molecule has 3 heterocycles. The molecule has 2 aliphatic heterocycles. The number of nitrogens with one attached hydrogen (secondary N) is 1. The van der Waals surface area contributed by atoms with Crippen molar-refractivity contribution < 1.29 is 14.4 Å². The molecule has 2 saturated carbocycles. The largest absolute Gasteiger partial charge is 0.371 e. The Hall–Kier alpha value is -4.00. The molecule has 3 fully saturated rings. The van der Waals surface area contributed by atoms with Gasteiger partial charge in [0.1, 0.15) is 0 Å². The highest BCUT2D eigenvalue weighted by molar-refractivity contribution is 6.23. The second-order valence-corrected chi connectivity index (χ2v) is 12.7. The van der Waals surface area contributed by atoms with Crippen LogP contribution in [0.25, 0.3) is 10.9 Å². The molecule has 3 amide bonds. The number of nitrogens with zero attached hydrogens (tertiary/aromatic N) is 3. The molecule has 7 heteroatoms. The van der Waals surface area contributed by atoms with Crippen LogP contribution < -0.4 is 10.2 Å². The van der Waals surface area contributed by atoms with Gasteiger partial charge in [0.15, 0.2) is 0 Å². The molecular formula is C34H34N4O3. The van der Waals surface area contributed by atoms with E-state index in [1.54, 1.807) is 12.3 Å². The van der Waals surface area contributed by atoms with E-state index in [1.807, 2.05) is 42.5 Å². The van der Waals surface area contributed by atoms with Crippen molar-refractivity contribution in [1.82, 2.24) is 15.2 Å². The molecule has 3 aromatic rings. The van der Waals surface area contributed by atoms with Gasteiger partial charge in [0.25, 0.3) is 11.8 Å². The van der Waals surface area contributed by atoms with Gasteiger partial charge in [0.05, 0.1) is 28.9 Å². The van der Waals surface area contributed by atoms with Crippen molar-refractivity contribution in [1.29, 1.82) is 0 Å². The van der Waals surface area contributed by atoms with Crippen LogP contribution in [-0.2, 0) is 11.3 Å². The van der Waals surface area contributed by atoms with Gasteiger partial charge < -0.3 is 10.2 Å². The van der Waals surface area contributed by atoms with Crippen molar-refractivity contribution in [3.05, 3.63) is 83.6 Å². The average Bonchev–Trinajstić information content (AvgIpc) is 3.62. The predicted octanol–water partition coefficient (Wildman–Crippen LogP) is 4.97. The van der Waals surface area contributed by atoms with Crippen LogP contribution in [0.1, 0.15) is 58.4 Å². The third-order valence-electron chi connectivity index (χ3n) is 10.6. The van der Waals surface area contributed by atoms with Crippen molar-refractivity contribution in [2.45, 2.75) is 38.6 Å². The van der Waals surface area contributed by atoms with Crippen LogP contribution in [0.5, 0.6) is 0 Å². The van der Waals surface area contributed by atoms with Crippen LogP contribution in [0.15, 0.2) is 66.9 Å². The van der Waals surface area contributed by atoms with Crippen LogP contribution in [0.3, 0.4) is 0 Å². The summed E-state index contributed by atoms with van der Waals surface area (Å²) in [6.45, 7) is 2.35. The molecule has 2 bridgehead atoms. The minimum Gasteiger partial charge on any atom is -0.371 e. The molecule has 2 aromatic carbocycles. The lowest BCUT2D eigenvalue weighted by Gasteiger charge is -2.34. The molecule has 1 spiro atoms. The Morgan fingerprint density at radius 1 is 1.00 bits per heavy atom. The third kappa shape index (κ3) is 3.92. The summed E-state index contributed by atoms with van der Waals surface area (Å²) in [6, 6.07) is 15.3. The maximum Gasteiger partial charge on any atom is 0.263 e. The van der Waals surface area contributed by atoms with Gasteiger partial charge in [-0.15, -0.1) is 0 Å². The lowest BCUT2D eigenvalue weighted by molar-refractivity contribution is -0.125. The van der Waals surface area contributed by atoms with Crippen LogP contribution in [0.4, 0.5) is 5.69 Å². The predicted molar refractivity (Wildman–Crippen MR) is 156 cm³/mol. The monoisotopic (exact) mass is 546 g/mol. The summed E-state index contributed by atoms with van der Waals surface area (Å²) in [5.41, 5.74) is 3.98. The molecule has 3 aliphatic carbocycles. The van der Waals surface area contributed by atoms with Gasteiger partial charge in [-0.3, -0.25) is 24.3 Å². The number of imide groups is 1. The van der Waals surface area contributed by atoms with Crippen molar-refractivity contribution in [3.63, 3.8) is 0 Å². The number of anilines is 1. The van der Waals surface area contributed by atoms with Crippen molar-refractivity contribution in [2.24, 2.45) is 29.1 Å². The molecule has 7 nitrogen and oxygen atoms in total. The Morgan fingerprint density at radius 2 is 1.83 bits per heavy atom. The molecule has 1 saturated heterocycles. The number of hydrogen-bond donors (Lipinski definition) is 1. The molecule has 8 rings (SSSR count). The number of carbonyl (C=O) groups excluding carboxylic acids is 3. The van der Waals surface area contributed by atoms with Crippen molar-refractivity contribution in [2.75, 3.05) is 24.5 Å². The lowest BCUT2D eigenvalue weighted by atomic mass is 9.88. The van der Waals surface area contributed by atoms with Gasteiger partial charge in [-0.05, 0) is 85.1 Å². The fraction of sp³-hybridized carbons (Fsp3) is 0.412. The highest BCUT2D eigenvalue weighted by Gasteiger charge is 2.62. The molecule has 5 aliphatic rings. The summed E-state index contributed by atoms with van der Waals surface area (Å²) in [7, 11) is 0. The van der Waals surface area contributed by atoms with Crippen molar-refractivity contribution >= 4 is 34.3 Å². The molecule has 0 radical (unpaired) electrons. The smallest absolute Gasteiger partial charge is 0.263 e. The number of carbonyl (C=O) groups is 3. The first-order valence-electron chi connectivity index (χ1n) is 15.1. The minimum absolute atomic E-state index is 0.0127. The molecule has 1 aromatic heterocycles. The summed E-state index contributed by atoms with van der Waals surface area (Å²) in [4.78, 5) is 48.1. The van der Waals surface area contributed by atoms with E-state index >= 15 is 0 Å². The fourth-order valence-corrected chi connectivity index (χ4v) is 8.22. The number of benzene rings is 2. The average molecular weight is 547 g/mol. The zero-order valence-corrected chi connectivity index (χ0v) is 23.1. The number of fused-ring (bicyclic) bond motifs is 2. The van der Waals surface area contributed by atoms with E-state index < -0.39 is 0 Å². The number of piperidine rings is 1. The Balaban J connectivity index is 0.920. The van der Waals surface area contributed by atoms with Gasteiger partial charge in [0, 0.05) is 37.1 Å². The van der Waals surface area contributed by atoms with Gasteiger partial charge in [-0.1, -0.05) is 36.4 Å². The maximum atomic E-state index is 13.6. The summed E-state index contributed by atoms with van der Waals surface area (Å²) in [5, 5.41) is 4.27. The quantitative estimate of drug-likeness (QED) is 0.349. The van der Waals surface area contributed by atoms with E-state index in [0.717, 1.165) is 47.5 Å². The van der Waals surface area contributed by atoms with E-state index in [4.69, 9.17) is 0 Å². The molecule has 41 heavy (non-hydrogen) atoms. The van der Waals surface area contributed by atoms with Crippen LogP contribution in [-0.4, -0.2) is 47.2 Å². The lowest BCUT2D eigenvalue weighted by Crippen LogP contribution is -2.42. The van der Waals surface area contributed by atoms with Gasteiger partial charge in [0.2, 0.25) is 5.91 Å². The number of amides is 3. The SMILES string of the molecule is O=C(NC[C@H]1C[C@@H]2C=C[C@@H]1C21CC1)C1CCN(c2cccc3c2C(=O)N(Cc2cnc4ccccc4c2)C3=O)CC1. The Bertz CT molecular complexity index is 1620. The molecular weight excluding hydrogens is 512 g/mol. The van der Waals surface area contributed by atoms with Gasteiger partial charge in [-0.2, -0.15) is 0 Å². The zero-order valence-electron chi connectivity index (χ0n) is 23.1. The minimum atomic E-state index is -0.266. The normalized spacial score (nSPS) is 25.9. The molecule has 0 unspecified atom stereocenters. The number of para-hydroxylation sites is 1. The van der Waals surface area contributed by atoms with E-state index in [0.29, 0.717) is 41.5 Å². The topological polar surface area (TPSA) is 82.6 Å². The molecule has 1 N–H and O–H groups in total. The van der Waals surface area contributed by atoms with Crippen LogP contribution in [0, 0.1) is 29.1 Å². The Morgan fingerprint density at radius 3 is 2.63 bits per heavy atom. The Labute approximate surface area is 239 Å². The first kappa shape index (κ1) is 24.8. The fourth-order valence-electron chi connectivity index (χ4n) is 8.22. The van der Waals surface area contributed by atoms with Gasteiger partial charge in [-0.25, -0.2) is 0 Å². The van der Waals surface area contributed by atoms with E-state index in [1.165, 1.54) is 24.2 Å². The first-order valence-corrected chi connectivity index (χ1v) is 15.1. The standard InChI is InChI=1S/C34H34N4O3/c39-31(36-19-24-17-25-8-9-27(24)34(25)12-13-34)22-10-14-37(15-11-22)29-7-3-5-26-30(29)33(41)38(32(26)40)20-21-16-23-4-1-2-6-28(23)35-18-21/h1-9,16,18,22,24-25,27H,10-15,17,19-20H2,(H,36,39)/t24-,25+,27+/m1/s1. The number of pyridine rings is 1. The van der Waals surface area contributed by atoms with E-state index in [2.05, 4.69) is 27.4 Å².